The van der Waals surface area contributed by atoms with Crippen LogP contribution in [0.2, 0.25) is 0 Å². The topological polar surface area (TPSA) is 64.9 Å². The highest BCUT2D eigenvalue weighted by Crippen LogP contribution is 2.32. The molecule has 2 N–H and O–H groups in total. The predicted molar refractivity (Wildman–Crippen MR) is 57.3 cm³/mol. The SMILES string of the molecule is CC(C)[C@H](N)c1nc(C2CCCC2)no1. The van der Waals surface area contributed by atoms with E-state index in [1.165, 1.54) is 25.7 Å². The molecule has 0 spiro atoms. The lowest BCUT2D eigenvalue weighted by atomic mass is 10.1. The van der Waals surface area contributed by atoms with E-state index in [-0.39, 0.29) is 6.04 Å². The normalized spacial score (nSPS) is 20.0. The van der Waals surface area contributed by atoms with Crippen LogP contribution in [0.15, 0.2) is 4.52 Å². The smallest absolute Gasteiger partial charge is 0.243 e. The lowest BCUT2D eigenvalue weighted by Crippen LogP contribution is -2.17. The van der Waals surface area contributed by atoms with Crippen molar-refractivity contribution in [2.75, 3.05) is 0 Å². The molecule has 2 rings (SSSR count). The molecule has 0 unspecified atom stereocenters. The Balaban J connectivity index is 2.09. The van der Waals surface area contributed by atoms with Crippen LogP contribution in [-0.4, -0.2) is 10.1 Å². The van der Waals surface area contributed by atoms with E-state index in [1.54, 1.807) is 0 Å². The molecule has 0 aliphatic heterocycles. The van der Waals surface area contributed by atoms with Gasteiger partial charge in [-0.3, -0.25) is 0 Å². The zero-order valence-electron chi connectivity index (χ0n) is 9.44. The van der Waals surface area contributed by atoms with E-state index in [9.17, 15) is 0 Å². The van der Waals surface area contributed by atoms with Gasteiger partial charge in [0.1, 0.15) is 0 Å². The second-order valence-corrected chi connectivity index (χ2v) is 4.74. The van der Waals surface area contributed by atoms with Crippen LogP contribution >= 0.6 is 0 Å². The monoisotopic (exact) mass is 209 g/mol. The molecule has 15 heavy (non-hydrogen) atoms. The summed E-state index contributed by atoms with van der Waals surface area (Å²) in [4.78, 5) is 4.41. The summed E-state index contributed by atoms with van der Waals surface area (Å²) < 4.78 is 5.21. The molecule has 4 nitrogen and oxygen atoms in total. The van der Waals surface area contributed by atoms with Gasteiger partial charge in [-0.25, -0.2) is 0 Å². The van der Waals surface area contributed by atoms with Gasteiger partial charge in [0.05, 0.1) is 6.04 Å². The molecule has 1 atom stereocenters. The van der Waals surface area contributed by atoms with Crippen molar-refractivity contribution >= 4 is 0 Å². The lowest BCUT2D eigenvalue weighted by molar-refractivity contribution is 0.321. The van der Waals surface area contributed by atoms with Crippen molar-refractivity contribution in [3.8, 4) is 0 Å². The first-order valence-corrected chi connectivity index (χ1v) is 5.77. The van der Waals surface area contributed by atoms with E-state index >= 15 is 0 Å². The number of aromatic nitrogens is 2. The Hall–Kier alpha value is -0.900. The van der Waals surface area contributed by atoms with Crippen molar-refractivity contribution < 1.29 is 4.52 Å². The molecule has 1 aromatic rings. The highest BCUT2D eigenvalue weighted by atomic mass is 16.5. The van der Waals surface area contributed by atoms with E-state index < -0.39 is 0 Å². The largest absolute Gasteiger partial charge is 0.338 e. The van der Waals surface area contributed by atoms with Gasteiger partial charge < -0.3 is 10.3 Å². The van der Waals surface area contributed by atoms with Gasteiger partial charge in [-0.15, -0.1) is 0 Å². The average Bonchev–Trinajstić information content (AvgIpc) is 2.86. The minimum Gasteiger partial charge on any atom is -0.338 e. The summed E-state index contributed by atoms with van der Waals surface area (Å²) in [6, 6.07) is -0.132. The Kier molecular flexibility index (Phi) is 3.05. The molecule has 0 saturated heterocycles. The number of rotatable bonds is 3. The zero-order valence-corrected chi connectivity index (χ0v) is 9.44. The van der Waals surface area contributed by atoms with Crippen molar-refractivity contribution in [2.45, 2.75) is 51.5 Å². The third kappa shape index (κ3) is 2.20. The van der Waals surface area contributed by atoms with Crippen LogP contribution in [0, 0.1) is 5.92 Å². The van der Waals surface area contributed by atoms with E-state index in [4.69, 9.17) is 10.3 Å². The molecular formula is C11H19N3O. The first kappa shape index (κ1) is 10.6. The maximum Gasteiger partial charge on any atom is 0.243 e. The molecule has 0 aromatic carbocycles. The summed E-state index contributed by atoms with van der Waals surface area (Å²) in [7, 11) is 0. The van der Waals surface area contributed by atoms with Gasteiger partial charge in [-0.05, 0) is 18.8 Å². The molecule has 0 radical (unpaired) electrons. The standard InChI is InChI=1S/C11H19N3O/c1-7(2)9(12)11-13-10(14-15-11)8-5-3-4-6-8/h7-9H,3-6,12H2,1-2H3/t9-/m0/s1. The van der Waals surface area contributed by atoms with E-state index in [0.717, 1.165) is 5.82 Å². The van der Waals surface area contributed by atoms with Gasteiger partial charge in [0.25, 0.3) is 0 Å². The molecule has 1 heterocycles. The molecule has 84 valence electrons. The molecule has 0 amide bonds. The van der Waals surface area contributed by atoms with Crippen molar-refractivity contribution in [2.24, 2.45) is 11.7 Å². The molecule has 0 bridgehead atoms. The predicted octanol–water partition coefficient (Wildman–Crippen LogP) is 2.38. The van der Waals surface area contributed by atoms with E-state index in [0.29, 0.717) is 17.7 Å². The third-order valence-electron chi connectivity index (χ3n) is 3.18. The molecule has 1 aromatic heterocycles. The van der Waals surface area contributed by atoms with Gasteiger partial charge in [0.2, 0.25) is 5.89 Å². The Bertz CT molecular complexity index is 299. The Morgan fingerprint density at radius 2 is 2.00 bits per heavy atom. The first-order valence-electron chi connectivity index (χ1n) is 5.77. The maximum atomic E-state index is 5.95. The summed E-state index contributed by atoms with van der Waals surface area (Å²) in [5.74, 6) is 2.29. The van der Waals surface area contributed by atoms with E-state index in [2.05, 4.69) is 24.0 Å². The minimum atomic E-state index is -0.132. The Morgan fingerprint density at radius 1 is 1.33 bits per heavy atom. The van der Waals surface area contributed by atoms with Gasteiger partial charge in [0, 0.05) is 5.92 Å². The maximum absolute atomic E-state index is 5.95. The quantitative estimate of drug-likeness (QED) is 0.830. The molecule has 1 aliphatic rings. The third-order valence-corrected chi connectivity index (χ3v) is 3.18. The van der Waals surface area contributed by atoms with Gasteiger partial charge in [-0.1, -0.05) is 31.8 Å². The Morgan fingerprint density at radius 3 is 2.60 bits per heavy atom. The van der Waals surface area contributed by atoms with Crippen molar-refractivity contribution in [3.63, 3.8) is 0 Å². The minimum absolute atomic E-state index is 0.132. The fraction of sp³-hybridized carbons (Fsp3) is 0.818. The van der Waals surface area contributed by atoms with Crippen molar-refractivity contribution in [3.05, 3.63) is 11.7 Å². The number of nitrogens with two attached hydrogens (primary N) is 1. The molecule has 4 heteroatoms. The number of hydrogen-bond donors (Lipinski definition) is 1. The fourth-order valence-corrected chi connectivity index (χ4v) is 2.02. The molecule has 1 saturated carbocycles. The Labute approximate surface area is 90.2 Å². The summed E-state index contributed by atoms with van der Waals surface area (Å²) >= 11 is 0. The number of nitrogens with zero attached hydrogens (tertiary/aromatic N) is 2. The number of hydrogen-bond acceptors (Lipinski definition) is 4. The second kappa shape index (κ2) is 4.31. The van der Waals surface area contributed by atoms with Crippen molar-refractivity contribution in [1.29, 1.82) is 0 Å². The van der Waals surface area contributed by atoms with Crippen molar-refractivity contribution in [1.82, 2.24) is 10.1 Å². The fourth-order valence-electron chi connectivity index (χ4n) is 2.02. The van der Waals surface area contributed by atoms with Crippen LogP contribution in [0.5, 0.6) is 0 Å². The highest BCUT2D eigenvalue weighted by molar-refractivity contribution is 5.00. The molecule has 1 aliphatic carbocycles. The average molecular weight is 209 g/mol. The first-order chi connectivity index (χ1) is 7.18. The molecular weight excluding hydrogens is 190 g/mol. The summed E-state index contributed by atoms with van der Waals surface area (Å²) in [5.41, 5.74) is 5.95. The van der Waals surface area contributed by atoms with Crippen LogP contribution in [-0.2, 0) is 0 Å². The summed E-state index contributed by atoms with van der Waals surface area (Å²) in [6.45, 7) is 4.12. The van der Waals surface area contributed by atoms with Crippen LogP contribution in [0.25, 0.3) is 0 Å². The van der Waals surface area contributed by atoms with Crippen LogP contribution in [0.3, 0.4) is 0 Å². The van der Waals surface area contributed by atoms with Gasteiger partial charge in [-0.2, -0.15) is 4.98 Å². The lowest BCUT2D eigenvalue weighted by Gasteiger charge is -2.09. The van der Waals surface area contributed by atoms with Crippen LogP contribution in [0.1, 0.15) is 63.2 Å². The second-order valence-electron chi connectivity index (χ2n) is 4.74. The van der Waals surface area contributed by atoms with Gasteiger partial charge in [0.15, 0.2) is 5.82 Å². The zero-order chi connectivity index (χ0) is 10.8. The molecule has 1 fully saturated rings. The van der Waals surface area contributed by atoms with Crippen LogP contribution < -0.4 is 5.73 Å². The highest BCUT2D eigenvalue weighted by Gasteiger charge is 2.24. The summed E-state index contributed by atoms with van der Waals surface area (Å²) in [6.07, 6.45) is 4.95. The van der Waals surface area contributed by atoms with Crippen LogP contribution in [0.4, 0.5) is 0 Å². The summed E-state index contributed by atoms with van der Waals surface area (Å²) in [5, 5.41) is 4.04. The van der Waals surface area contributed by atoms with Gasteiger partial charge >= 0.3 is 0 Å². The van der Waals surface area contributed by atoms with E-state index in [1.807, 2.05) is 0 Å².